The first-order valence-corrected chi connectivity index (χ1v) is 10.4. The van der Waals surface area contributed by atoms with Crippen molar-refractivity contribution in [3.05, 3.63) is 99.7 Å². The Hall–Kier alpha value is -3.94. The fraction of sp³-hybridized carbons (Fsp3) is 0.250. The van der Waals surface area contributed by atoms with Gasteiger partial charge in [0, 0.05) is 17.5 Å². The number of hydrogen-bond donors (Lipinski definition) is 2. The van der Waals surface area contributed by atoms with Crippen molar-refractivity contribution in [1.82, 2.24) is 25.2 Å². The summed E-state index contributed by atoms with van der Waals surface area (Å²) in [5, 5.41) is 5.46. The molecule has 1 aromatic carbocycles. The molecular formula is C24H27N5O3. The van der Waals surface area contributed by atoms with Crippen molar-refractivity contribution in [2.45, 2.75) is 39.8 Å². The van der Waals surface area contributed by atoms with Gasteiger partial charge in [0.2, 0.25) is 0 Å². The molecule has 8 heteroatoms. The van der Waals surface area contributed by atoms with E-state index in [-0.39, 0.29) is 18.1 Å². The minimum Gasteiger partial charge on any atom is -0.326 e. The zero-order valence-corrected chi connectivity index (χ0v) is 18.5. The van der Waals surface area contributed by atoms with Crippen LogP contribution in [0.2, 0.25) is 0 Å². The molecule has 0 spiro atoms. The molecule has 2 amide bonds. The maximum atomic E-state index is 13.3. The van der Waals surface area contributed by atoms with Gasteiger partial charge in [-0.2, -0.15) is 5.10 Å². The van der Waals surface area contributed by atoms with E-state index >= 15 is 0 Å². The molecule has 3 aromatic rings. The number of nitrogens with one attached hydrogen (secondary N) is 2. The van der Waals surface area contributed by atoms with Crippen LogP contribution in [0.4, 0.5) is 0 Å². The summed E-state index contributed by atoms with van der Waals surface area (Å²) in [4.78, 5) is 40.6. The van der Waals surface area contributed by atoms with Crippen LogP contribution in [-0.4, -0.2) is 31.6 Å². The van der Waals surface area contributed by atoms with Gasteiger partial charge in [0.15, 0.2) is 0 Å². The molecular weight excluding hydrogens is 406 g/mol. The second-order valence-electron chi connectivity index (χ2n) is 7.51. The lowest BCUT2D eigenvalue weighted by molar-refractivity contribution is -0.120. The van der Waals surface area contributed by atoms with E-state index < -0.39 is 11.8 Å². The number of hydrogen-bond acceptors (Lipinski definition) is 4. The predicted molar refractivity (Wildman–Crippen MR) is 122 cm³/mol. The van der Waals surface area contributed by atoms with Gasteiger partial charge in [0.1, 0.15) is 0 Å². The zero-order valence-electron chi connectivity index (χ0n) is 18.5. The normalized spacial score (nSPS) is 11.6. The monoisotopic (exact) mass is 433 g/mol. The predicted octanol–water partition coefficient (Wildman–Crippen LogP) is 2.91. The molecule has 0 aliphatic rings. The molecule has 0 saturated carbocycles. The molecule has 166 valence electrons. The Balaban J connectivity index is 1.91. The largest absolute Gasteiger partial charge is 0.326 e. The molecule has 3 rings (SSSR count). The van der Waals surface area contributed by atoms with E-state index in [0.717, 1.165) is 27.9 Å². The molecule has 0 bridgehead atoms. The Labute approximate surface area is 186 Å². The van der Waals surface area contributed by atoms with E-state index in [2.05, 4.69) is 22.1 Å². The number of aryl methyl sites for hydroxylation is 2. The number of nitrogens with zero attached hydrogens (tertiary/aromatic N) is 3. The summed E-state index contributed by atoms with van der Waals surface area (Å²) >= 11 is 0. The molecule has 2 heterocycles. The van der Waals surface area contributed by atoms with Crippen LogP contribution in [0, 0.1) is 6.92 Å². The summed E-state index contributed by atoms with van der Waals surface area (Å²) in [6, 6.07) is 11.6. The molecule has 0 saturated heterocycles. The maximum absolute atomic E-state index is 13.3. The average molecular weight is 434 g/mol. The number of carbonyl (C=O) groups is 2. The molecule has 0 aliphatic carbocycles. The summed E-state index contributed by atoms with van der Waals surface area (Å²) < 4.78 is 1.69. The van der Waals surface area contributed by atoms with Crippen LogP contribution in [-0.2, 0) is 17.8 Å². The second-order valence-corrected chi connectivity index (χ2v) is 7.51. The quantitative estimate of drug-likeness (QED) is 0.442. The highest BCUT2D eigenvalue weighted by molar-refractivity contribution is 5.96. The van der Waals surface area contributed by atoms with Crippen molar-refractivity contribution in [1.29, 1.82) is 0 Å². The second kappa shape index (κ2) is 9.91. The number of H-pyrrole nitrogens is 1. The lowest BCUT2D eigenvalue weighted by Crippen LogP contribution is -2.46. The maximum Gasteiger partial charge on any atom is 0.275 e. The number of hydrazine groups is 1. The first-order valence-electron chi connectivity index (χ1n) is 10.4. The van der Waals surface area contributed by atoms with Gasteiger partial charge < -0.3 is 4.98 Å². The average Bonchev–Trinajstić information content (AvgIpc) is 3.29. The van der Waals surface area contributed by atoms with Crippen molar-refractivity contribution < 1.29 is 9.59 Å². The standard InChI is InChI=1S/C24H27N5O3/c1-5-18-12-16(3)26-23(31)21(18)15-29(27-22(30)6-2)24(32)20-13-25-28(14-20)17(4)19-10-8-7-9-11-19/h6-14,17H,2,5,15H2,1,3-4H3,(H,26,31)(H,27,30). The lowest BCUT2D eigenvalue weighted by atomic mass is 10.1. The first kappa shape index (κ1) is 22.7. The highest BCUT2D eigenvalue weighted by atomic mass is 16.2. The number of amides is 2. The van der Waals surface area contributed by atoms with Crippen molar-refractivity contribution in [2.75, 3.05) is 0 Å². The highest BCUT2D eigenvalue weighted by Gasteiger charge is 2.23. The van der Waals surface area contributed by atoms with Crippen LogP contribution < -0.4 is 11.0 Å². The van der Waals surface area contributed by atoms with Crippen LogP contribution in [0.1, 0.15) is 52.6 Å². The van der Waals surface area contributed by atoms with Crippen LogP contribution in [0.3, 0.4) is 0 Å². The van der Waals surface area contributed by atoms with E-state index in [1.165, 1.54) is 6.20 Å². The Kier molecular flexibility index (Phi) is 7.04. The molecule has 2 aromatic heterocycles. The Morgan fingerprint density at radius 1 is 1.31 bits per heavy atom. The van der Waals surface area contributed by atoms with E-state index in [1.54, 1.807) is 17.8 Å². The number of aromatic nitrogens is 3. The van der Waals surface area contributed by atoms with Gasteiger partial charge in [-0.3, -0.25) is 24.5 Å². The minimum absolute atomic E-state index is 0.0828. The van der Waals surface area contributed by atoms with Gasteiger partial charge in [-0.25, -0.2) is 5.01 Å². The van der Waals surface area contributed by atoms with Gasteiger partial charge in [-0.1, -0.05) is 43.8 Å². The molecule has 2 N–H and O–H groups in total. The lowest BCUT2D eigenvalue weighted by Gasteiger charge is -2.23. The molecule has 8 nitrogen and oxygen atoms in total. The Bertz CT molecular complexity index is 1180. The highest BCUT2D eigenvalue weighted by Crippen LogP contribution is 2.18. The third kappa shape index (κ3) is 5.03. The summed E-state index contributed by atoms with van der Waals surface area (Å²) in [5.74, 6) is -1.03. The smallest absolute Gasteiger partial charge is 0.275 e. The van der Waals surface area contributed by atoms with Crippen molar-refractivity contribution in [2.24, 2.45) is 0 Å². The van der Waals surface area contributed by atoms with E-state index in [9.17, 15) is 14.4 Å². The Morgan fingerprint density at radius 2 is 2.03 bits per heavy atom. The third-order valence-electron chi connectivity index (χ3n) is 5.26. The van der Waals surface area contributed by atoms with E-state index in [1.807, 2.05) is 50.2 Å². The third-order valence-corrected chi connectivity index (χ3v) is 5.26. The van der Waals surface area contributed by atoms with E-state index in [4.69, 9.17) is 0 Å². The minimum atomic E-state index is -0.551. The molecule has 32 heavy (non-hydrogen) atoms. The van der Waals surface area contributed by atoms with Gasteiger partial charge in [-0.15, -0.1) is 0 Å². The van der Waals surface area contributed by atoms with Crippen molar-refractivity contribution >= 4 is 11.8 Å². The van der Waals surface area contributed by atoms with Crippen LogP contribution in [0.25, 0.3) is 0 Å². The number of aromatic amines is 1. The number of benzene rings is 1. The van der Waals surface area contributed by atoms with E-state index in [0.29, 0.717) is 17.5 Å². The van der Waals surface area contributed by atoms with Crippen LogP contribution >= 0.6 is 0 Å². The molecule has 0 radical (unpaired) electrons. The molecule has 0 aliphatic heterocycles. The van der Waals surface area contributed by atoms with Gasteiger partial charge in [0.25, 0.3) is 17.4 Å². The fourth-order valence-electron chi connectivity index (χ4n) is 3.47. The topological polar surface area (TPSA) is 100 Å². The van der Waals surface area contributed by atoms with Gasteiger partial charge in [-0.05, 0) is 43.5 Å². The Morgan fingerprint density at radius 3 is 2.69 bits per heavy atom. The van der Waals surface area contributed by atoms with Gasteiger partial charge in [0.05, 0.1) is 24.3 Å². The number of carbonyl (C=O) groups excluding carboxylic acids is 2. The van der Waals surface area contributed by atoms with Crippen molar-refractivity contribution in [3.63, 3.8) is 0 Å². The molecule has 1 unspecified atom stereocenters. The summed E-state index contributed by atoms with van der Waals surface area (Å²) in [7, 11) is 0. The summed E-state index contributed by atoms with van der Waals surface area (Å²) in [5.41, 5.74) is 5.52. The number of rotatable bonds is 7. The summed E-state index contributed by atoms with van der Waals surface area (Å²) in [6.07, 6.45) is 4.77. The van der Waals surface area contributed by atoms with Crippen LogP contribution in [0.15, 0.2) is 66.2 Å². The fourth-order valence-corrected chi connectivity index (χ4v) is 3.47. The molecule has 0 fully saturated rings. The van der Waals surface area contributed by atoms with Gasteiger partial charge >= 0.3 is 0 Å². The van der Waals surface area contributed by atoms with Crippen molar-refractivity contribution in [3.8, 4) is 0 Å². The zero-order chi connectivity index (χ0) is 23.3. The molecule has 1 atom stereocenters. The first-order chi connectivity index (χ1) is 15.3. The summed E-state index contributed by atoms with van der Waals surface area (Å²) in [6.45, 7) is 9.07. The number of pyridine rings is 1. The van der Waals surface area contributed by atoms with Crippen LogP contribution in [0.5, 0.6) is 0 Å². The SMILES string of the molecule is C=CC(=O)NN(Cc1c(CC)cc(C)[nH]c1=O)C(=O)c1cnn(C(C)c2ccccc2)c1.